The van der Waals surface area contributed by atoms with Crippen molar-refractivity contribution >= 4 is 5.97 Å². The van der Waals surface area contributed by atoms with Gasteiger partial charge in [-0.1, -0.05) is 13.3 Å². The molecule has 0 aromatic rings. The lowest BCUT2D eigenvalue weighted by molar-refractivity contribution is -0.143. The van der Waals surface area contributed by atoms with E-state index in [1.54, 1.807) is 0 Å². The molecule has 1 rings (SSSR count). The Morgan fingerprint density at radius 3 is 2.93 bits per heavy atom. The summed E-state index contributed by atoms with van der Waals surface area (Å²) in [6.45, 7) is 1.96. The van der Waals surface area contributed by atoms with Gasteiger partial charge in [-0.2, -0.15) is 5.26 Å². The van der Waals surface area contributed by atoms with E-state index in [0.29, 0.717) is 6.42 Å². The first kappa shape index (κ1) is 12.0. The molecule has 0 heterocycles. The van der Waals surface area contributed by atoms with Gasteiger partial charge in [-0.3, -0.25) is 10.1 Å². The molecule has 1 aliphatic carbocycles. The molecule has 0 radical (unpaired) electrons. The van der Waals surface area contributed by atoms with Crippen molar-refractivity contribution in [2.24, 2.45) is 5.92 Å². The summed E-state index contributed by atoms with van der Waals surface area (Å²) in [6.07, 6.45) is 4.13. The molecule has 84 valence electrons. The molecule has 0 amide bonds. The van der Waals surface area contributed by atoms with Crippen molar-refractivity contribution in [1.82, 2.24) is 5.32 Å². The smallest absolute Gasteiger partial charge is 0.306 e. The second kappa shape index (κ2) is 5.72. The molecule has 0 bridgehead atoms. The number of rotatable bonds is 4. The number of aliphatic carboxylic acids is 1. The van der Waals surface area contributed by atoms with E-state index >= 15 is 0 Å². The van der Waals surface area contributed by atoms with Gasteiger partial charge in [0.1, 0.15) is 0 Å². The Morgan fingerprint density at radius 2 is 2.40 bits per heavy atom. The van der Waals surface area contributed by atoms with E-state index in [1.165, 1.54) is 0 Å². The summed E-state index contributed by atoms with van der Waals surface area (Å²) in [7, 11) is 0. The van der Waals surface area contributed by atoms with Crippen molar-refractivity contribution in [2.45, 2.75) is 51.1 Å². The van der Waals surface area contributed by atoms with Gasteiger partial charge in [0.25, 0.3) is 0 Å². The van der Waals surface area contributed by atoms with Gasteiger partial charge in [0.2, 0.25) is 0 Å². The highest BCUT2D eigenvalue weighted by molar-refractivity contribution is 5.70. The number of hydrogen-bond donors (Lipinski definition) is 2. The van der Waals surface area contributed by atoms with Crippen molar-refractivity contribution in [1.29, 1.82) is 5.26 Å². The Bertz CT molecular complexity index is 260. The van der Waals surface area contributed by atoms with Gasteiger partial charge in [0.05, 0.1) is 18.0 Å². The standard InChI is InChI=1S/C11H18N2O2/c1-2-9(7-12)13-10-5-3-4-8(6-10)11(14)15/h8-10,13H,2-6H2,1H3,(H,14,15). The maximum atomic E-state index is 10.8. The van der Waals surface area contributed by atoms with Crippen LogP contribution in [0.4, 0.5) is 0 Å². The molecular formula is C11H18N2O2. The van der Waals surface area contributed by atoms with Crippen molar-refractivity contribution in [3.63, 3.8) is 0 Å². The highest BCUT2D eigenvalue weighted by Crippen LogP contribution is 2.24. The van der Waals surface area contributed by atoms with E-state index in [9.17, 15) is 4.79 Å². The van der Waals surface area contributed by atoms with Gasteiger partial charge in [-0.15, -0.1) is 0 Å². The Balaban J connectivity index is 2.43. The van der Waals surface area contributed by atoms with E-state index < -0.39 is 5.97 Å². The summed E-state index contributed by atoms with van der Waals surface area (Å²) in [5.41, 5.74) is 0. The first-order chi connectivity index (χ1) is 7.17. The zero-order valence-corrected chi connectivity index (χ0v) is 9.07. The van der Waals surface area contributed by atoms with E-state index in [1.807, 2.05) is 6.92 Å². The van der Waals surface area contributed by atoms with Gasteiger partial charge in [-0.05, 0) is 25.7 Å². The van der Waals surface area contributed by atoms with Crippen LogP contribution in [0.2, 0.25) is 0 Å². The number of carboxylic acid groups (broad SMARTS) is 1. The van der Waals surface area contributed by atoms with Crippen molar-refractivity contribution in [2.75, 3.05) is 0 Å². The van der Waals surface area contributed by atoms with Crippen molar-refractivity contribution < 1.29 is 9.90 Å². The molecule has 15 heavy (non-hydrogen) atoms. The molecule has 3 atom stereocenters. The van der Waals surface area contributed by atoms with Gasteiger partial charge >= 0.3 is 5.97 Å². The van der Waals surface area contributed by atoms with Crippen LogP contribution in [0.25, 0.3) is 0 Å². The lowest BCUT2D eigenvalue weighted by atomic mass is 9.85. The van der Waals surface area contributed by atoms with Crippen molar-refractivity contribution in [3.8, 4) is 6.07 Å². The molecule has 1 saturated carbocycles. The Hall–Kier alpha value is -1.08. The number of carbonyl (C=O) groups is 1. The average Bonchev–Trinajstić information content (AvgIpc) is 2.26. The quantitative estimate of drug-likeness (QED) is 0.738. The van der Waals surface area contributed by atoms with Gasteiger partial charge in [0.15, 0.2) is 0 Å². The average molecular weight is 210 g/mol. The zero-order valence-electron chi connectivity index (χ0n) is 9.07. The minimum absolute atomic E-state index is 0.137. The maximum Gasteiger partial charge on any atom is 0.306 e. The summed E-state index contributed by atoms with van der Waals surface area (Å²) < 4.78 is 0. The van der Waals surface area contributed by atoms with Crippen LogP contribution < -0.4 is 5.32 Å². The Kier molecular flexibility index (Phi) is 4.57. The van der Waals surface area contributed by atoms with E-state index in [4.69, 9.17) is 10.4 Å². The first-order valence-corrected chi connectivity index (χ1v) is 5.55. The number of nitriles is 1. The Morgan fingerprint density at radius 1 is 1.67 bits per heavy atom. The normalized spacial score (nSPS) is 28.0. The lowest BCUT2D eigenvalue weighted by Gasteiger charge is -2.28. The highest BCUT2D eigenvalue weighted by Gasteiger charge is 2.27. The second-order valence-electron chi connectivity index (χ2n) is 4.16. The molecule has 4 nitrogen and oxygen atoms in total. The monoisotopic (exact) mass is 210 g/mol. The number of hydrogen-bond acceptors (Lipinski definition) is 3. The van der Waals surface area contributed by atoms with E-state index in [0.717, 1.165) is 25.7 Å². The molecule has 0 saturated heterocycles. The van der Waals surface area contributed by atoms with Gasteiger partial charge in [0, 0.05) is 6.04 Å². The largest absolute Gasteiger partial charge is 0.481 e. The molecule has 1 fully saturated rings. The zero-order chi connectivity index (χ0) is 11.3. The molecule has 0 aromatic carbocycles. The third kappa shape index (κ3) is 3.52. The summed E-state index contributed by atoms with van der Waals surface area (Å²) in [5.74, 6) is -0.932. The molecule has 2 N–H and O–H groups in total. The molecule has 0 aromatic heterocycles. The van der Waals surface area contributed by atoms with Crippen molar-refractivity contribution in [3.05, 3.63) is 0 Å². The van der Waals surface area contributed by atoms with E-state index in [-0.39, 0.29) is 18.0 Å². The SMILES string of the molecule is CCC(C#N)NC1CCCC(C(=O)O)C1. The predicted molar refractivity (Wildman–Crippen MR) is 56.2 cm³/mol. The van der Waals surface area contributed by atoms with Crippen LogP contribution >= 0.6 is 0 Å². The molecular weight excluding hydrogens is 192 g/mol. The Labute approximate surface area is 90.3 Å². The fraction of sp³-hybridized carbons (Fsp3) is 0.818. The van der Waals surface area contributed by atoms with Crippen LogP contribution in [0.1, 0.15) is 39.0 Å². The minimum Gasteiger partial charge on any atom is -0.481 e. The van der Waals surface area contributed by atoms with Crippen LogP contribution in [-0.4, -0.2) is 23.2 Å². The molecule has 4 heteroatoms. The van der Waals surface area contributed by atoms with Crippen LogP contribution in [0, 0.1) is 17.2 Å². The molecule has 0 spiro atoms. The molecule has 0 aliphatic heterocycles. The second-order valence-corrected chi connectivity index (χ2v) is 4.16. The third-order valence-corrected chi connectivity index (χ3v) is 3.02. The predicted octanol–water partition coefficient (Wildman–Crippen LogP) is 1.52. The van der Waals surface area contributed by atoms with Crippen LogP contribution in [0.15, 0.2) is 0 Å². The first-order valence-electron chi connectivity index (χ1n) is 5.55. The lowest BCUT2D eigenvalue weighted by Crippen LogP contribution is -2.41. The minimum atomic E-state index is -0.702. The van der Waals surface area contributed by atoms with Crippen LogP contribution in [0.5, 0.6) is 0 Å². The van der Waals surface area contributed by atoms with Crippen LogP contribution in [0.3, 0.4) is 0 Å². The number of nitrogens with zero attached hydrogens (tertiary/aromatic N) is 1. The molecule has 3 unspecified atom stereocenters. The highest BCUT2D eigenvalue weighted by atomic mass is 16.4. The summed E-state index contributed by atoms with van der Waals surface area (Å²) >= 11 is 0. The fourth-order valence-corrected chi connectivity index (χ4v) is 2.10. The van der Waals surface area contributed by atoms with E-state index in [2.05, 4.69) is 11.4 Å². The summed E-state index contributed by atoms with van der Waals surface area (Å²) in [6, 6.07) is 2.25. The fourth-order valence-electron chi connectivity index (χ4n) is 2.10. The third-order valence-electron chi connectivity index (χ3n) is 3.02. The topological polar surface area (TPSA) is 73.1 Å². The van der Waals surface area contributed by atoms with Gasteiger partial charge < -0.3 is 5.11 Å². The maximum absolute atomic E-state index is 10.8. The number of nitrogens with one attached hydrogen (secondary N) is 1. The number of carboxylic acids is 1. The summed E-state index contributed by atoms with van der Waals surface area (Å²) in [4.78, 5) is 10.8. The molecule has 1 aliphatic rings. The van der Waals surface area contributed by atoms with Crippen LogP contribution in [-0.2, 0) is 4.79 Å². The van der Waals surface area contributed by atoms with Gasteiger partial charge in [-0.25, -0.2) is 0 Å². The summed E-state index contributed by atoms with van der Waals surface area (Å²) in [5, 5.41) is 20.9.